The Labute approximate surface area is 103 Å². The van der Waals surface area contributed by atoms with E-state index in [0.29, 0.717) is 8.42 Å². The zero-order valence-electron chi connectivity index (χ0n) is 11.1. The summed E-state index contributed by atoms with van der Waals surface area (Å²) in [5, 5.41) is 3.13. The van der Waals surface area contributed by atoms with E-state index in [1.807, 2.05) is 4.67 Å². The van der Waals surface area contributed by atoms with Gasteiger partial charge < -0.3 is 5.32 Å². The number of amides is 2. The summed E-state index contributed by atoms with van der Waals surface area (Å²) in [6.07, 6.45) is 0. The van der Waals surface area contributed by atoms with Crippen LogP contribution in [-0.4, -0.2) is 22.8 Å². The van der Waals surface area contributed by atoms with Crippen LogP contribution in [-0.2, 0) is 0 Å². The molecule has 0 bridgehead atoms. The number of hydrogen-bond donors (Lipinski definition) is 1. The number of urea groups is 1. The molecule has 0 aliphatic carbocycles. The van der Waals surface area contributed by atoms with E-state index in [1.54, 1.807) is 0 Å². The number of carbonyl (C=O) groups is 1. The van der Waals surface area contributed by atoms with Crippen molar-refractivity contribution in [3.05, 3.63) is 0 Å². The van der Waals surface area contributed by atoms with Gasteiger partial charge >= 0.3 is 6.03 Å². The van der Waals surface area contributed by atoms with E-state index in [4.69, 9.17) is 0 Å². The maximum absolute atomic E-state index is 11.9. The maximum Gasteiger partial charge on any atom is 0.321 e. The molecule has 0 aromatic heterocycles. The minimum Gasteiger partial charge on any atom is -0.332 e. The molecule has 16 heavy (non-hydrogen) atoms. The highest BCUT2D eigenvalue weighted by molar-refractivity contribution is 8.01. The SMILES string of the molecule is CC(C)(C)C1NC(=O)N(PP)C1C(C)(C)C. The molecule has 2 amide bonds. The predicted octanol–water partition coefficient (Wildman–Crippen LogP) is 3.22. The average Bonchev–Trinajstić information content (AvgIpc) is 2.40. The number of nitrogens with zero attached hydrogens (tertiary/aromatic N) is 1. The van der Waals surface area contributed by atoms with E-state index in [2.05, 4.69) is 55.8 Å². The Morgan fingerprint density at radius 3 is 2.00 bits per heavy atom. The summed E-state index contributed by atoms with van der Waals surface area (Å²) in [7, 11) is 3.13. The summed E-state index contributed by atoms with van der Waals surface area (Å²) >= 11 is 0. The van der Waals surface area contributed by atoms with Gasteiger partial charge in [-0.1, -0.05) is 50.5 Å². The first-order chi connectivity index (χ1) is 7.09. The van der Waals surface area contributed by atoms with Gasteiger partial charge in [0.15, 0.2) is 0 Å². The molecule has 94 valence electrons. The van der Waals surface area contributed by atoms with Crippen molar-refractivity contribution in [3.8, 4) is 0 Å². The van der Waals surface area contributed by atoms with Crippen LogP contribution in [0.1, 0.15) is 41.5 Å². The standard InChI is InChI=1S/C11H24N2OP2/c1-10(2,3)7-8(11(4,5)6)13(16-15)9(14)12-7/h7-8,16H,15H2,1-6H3,(H,12,14). The topological polar surface area (TPSA) is 32.3 Å². The summed E-state index contributed by atoms with van der Waals surface area (Å²) < 4.78 is 1.96. The van der Waals surface area contributed by atoms with Crippen molar-refractivity contribution in [2.24, 2.45) is 10.8 Å². The summed E-state index contributed by atoms with van der Waals surface area (Å²) in [6, 6.07) is 0.553. The zero-order chi connectivity index (χ0) is 12.7. The molecule has 0 aromatic rings. The number of nitrogens with one attached hydrogen (secondary N) is 1. The minimum absolute atomic E-state index is 0.0770. The van der Waals surface area contributed by atoms with Crippen LogP contribution in [0, 0.1) is 10.8 Å². The lowest BCUT2D eigenvalue weighted by Crippen LogP contribution is -2.49. The quantitative estimate of drug-likeness (QED) is 0.723. The first-order valence-electron chi connectivity index (χ1n) is 5.65. The lowest BCUT2D eigenvalue weighted by molar-refractivity contribution is 0.151. The smallest absolute Gasteiger partial charge is 0.321 e. The molecule has 0 aromatic carbocycles. The fourth-order valence-electron chi connectivity index (χ4n) is 2.27. The molecule has 3 nitrogen and oxygen atoms in total. The summed E-state index contributed by atoms with van der Waals surface area (Å²) in [4.78, 5) is 11.9. The van der Waals surface area contributed by atoms with Crippen LogP contribution in [0.25, 0.3) is 0 Å². The van der Waals surface area contributed by atoms with Gasteiger partial charge in [0.1, 0.15) is 0 Å². The van der Waals surface area contributed by atoms with Gasteiger partial charge in [-0.3, -0.25) is 4.67 Å². The van der Waals surface area contributed by atoms with Crippen molar-refractivity contribution in [1.82, 2.24) is 9.99 Å². The van der Waals surface area contributed by atoms with Crippen LogP contribution >= 0.6 is 17.3 Å². The molecule has 0 radical (unpaired) electrons. The molecule has 1 fully saturated rings. The molecule has 1 aliphatic heterocycles. The normalized spacial score (nSPS) is 27.9. The molecule has 1 heterocycles. The Morgan fingerprint density at radius 2 is 1.69 bits per heavy atom. The van der Waals surface area contributed by atoms with Crippen LogP contribution in [0.2, 0.25) is 0 Å². The van der Waals surface area contributed by atoms with Crippen molar-refractivity contribution in [2.45, 2.75) is 53.6 Å². The van der Waals surface area contributed by atoms with Crippen molar-refractivity contribution in [2.75, 3.05) is 0 Å². The molecule has 1 N–H and O–H groups in total. The maximum atomic E-state index is 11.9. The largest absolute Gasteiger partial charge is 0.332 e. The second kappa shape index (κ2) is 4.42. The van der Waals surface area contributed by atoms with E-state index in [-0.39, 0.29) is 28.9 Å². The third kappa shape index (κ3) is 2.68. The fourth-order valence-corrected chi connectivity index (χ4v) is 3.99. The van der Waals surface area contributed by atoms with Gasteiger partial charge in [0.25, 0.3) is 0 Å². The second-order valence-corrected chi connectivity index (χ2v) is 8.12. The van der Waals surface area contributed by atoms with E-state index >= 15 is 0 Å². The number of rotatable bonds is 1. The highest BCUT2D eigenvalue weighted by Crippen LogP contribution is 2.44. The Balaban J connectivity index is 3.08. The number of carbonyl (C=O) groups excluding carboxylic acids is 1. The first-order valence-corrected chi connectivity index (χ1v) is 8.40. The Bertz CT molecular complexity index is 281. The lowest BCUT2D eigenvalue weighted by atomic mass is 9.74. The van der Waals surface area contributed by atoms with Crippen molar-refractivity contribution >= 4 is 23.4 Å². The van der Waals surface area contributed by atoms with Crippen LogP contribution in [0.4, 0.5) is 4.79 Å². The molecule has 4 unspecified atom stereocenters. The first kappa shape index (κ1) is 14.2. The molecule has 0 saturated carbocycles. The van der Waals surface area contributed by atoms with Crippen LogP contribution in [0.5, 0.6) is 0 Å². The van der Waals surface area contributed by atoms with E-state index in [9.17, 15) is 4.79 Å². The van der Waals surface area contributed by atoms with E-state index in [0.717, 1.165) is 0 Å². The Morgan fingerprint density at radius 1 is 1.19 bits per heavy atom. The molecule has 5 heteroatoms. The molecule has 4 atom stereocenters. The van der Waals surface area contributed by atoms with E-state index in [1.165, 1.54) is 0 Å². The summed E-state index contributed by atoms with van der Waals surface area (Å²) in [6.45, 7) is 13.2. The van der Waals surface area contributed by atoms with Gasteiger partial charge in [-0.05, 0) is 10.8 Å². The fraction of sp³-hybridized carbons (Fsp3) is 0.909. The second-order valence-electron chi connectivity index (χ2n) is 6.60. The van der Waals surface area contributed by atoms with Crippen LogP contribution < -0.4 is 5.32 Å². The molecular weight excluding hydrogens is 238 g/mol. The third-order valence-electron chi connectivity index (χ3n) is 3.05. The number of hydrogen-bond acceptors (Lipinski definition) is 1. The minimum atomic E-state index is 0.0770. The highest BCUT2D eigenvalue weighted by Gasteiger charge is 2.49. The third-order valence-corrected chi connectivity index (χ3v) is 4.65. The molecular formula is C11H24N2OP2. The van der Waals surface area contributed by atoms with Crippen molar-refractivity contribution < 1.29 is 4.79 Å². The molecule has 0 spiro atoms. The lowest BCUT2D eigenvalue weighted by Gasteiger charge is -2.41. The molecule has 1 aliphatic rings. The molecule has 1 saturated heterocycles. The van der Waals surface area contributed by atoms with Crippen LogP contribution in [0.3, 0.4) is 0 Å². The zero-order valence-corrected chi connectivity index (χ0v) is 13.2. The van der Waals surface area contributed by atoms with Crippen molar-refractivity contribution in [1.29, 1.82) is 0 Å². The van der Waals surface area contributed by atoms with Gasteiger partial charge in [-0.25, -0.2) is 4.79 Å². The van der Waals surface area contributed by atoms with Gasteiger partial charge in [-0.2, -0.15) is 0 Å². The predicted molar refractivity (Wildman–Crippen MR) is 74.9 cm³/mol. The van der Waals surface area contributed by atoms with E-state index < -0.39 is 0 Å². The van der Waals surface area contributed by atoms with Gasteiger partial charge in [0.05, 0.1) is 12.1 Å². The van der Waals surface area contributed by atoms with Crippen LogP contribution in [0.15, 0.2) is 0 Å². The van der Waals surface area contributed by atoms with Gasteiger partial charge in [0.2, 0.25) is 0 Å². The monoisotopic (exact) mass is 262 g/mol. The average molecular weight is 262 g/mol. The summed E-state index contributed by atoms with van der Waals surface area (Å²) in [5.41, 5.74) is 0.188. The Kier molecular flexibility index (Phi) is 3.92. The highest BCUT2D eigenvalue weighted by atomic mass is 32.0. The Hall–Kier alpha value is 0.130. The molecule has 1 rings (SSSR count). The van der Waals surface area contributed by atoms with Gasteiger partial charge in [0, 0.05) is 8.42 Å². The van der Waals surface area contributed by atoms with Gasteiger partial charge in [-0.15, -0.1) is 0 Å². The van der Waals surface area contributed by atoms with Crippen molar-refractivity contribution in [3.63, 3.8) is 0 Å². The summed E-state index contributed by atoms with van der Waals surface area (Å²) in [5.74, 6) is 0.